The normalized spacial score (nSPS) is 17.1. The molecule has 4 nitrogen and oxygen atoms in total. The van der Waals surface area contributed by atoms with Crippen LogP contribution in [0.25, 0.3) is 0 Å². The van der Waals surface area contributed by atoms with Gasteiger partial charge in [0, 0.05) is 17.8 Å². The van der Waals surface area contributed by atoms with Crippen LogP contribution < -0.4 is 5.32 Å². The molecule has 1 amide bonds. The standard InChI is InChI=1S/C16H27N3OS/c1-5-11(2)17-15(20)10-21-16-18-12(3)13(4)19(16)14-8-6-7-9-14/h11,14H,5-10H2,1-4H3,(H,17,20). The van der Waals surface area contributed by atoms with Crippen LogP contribution in [0.4, 0.5) is 0 Å². The highest BCUT2D eigenvalue weighted by Gasteiger charge is 2.23. The van der Waals surface area contributed by atoms with Crippen LogP contribution in [0.1, 0.15) is 63.4 Å². The van der Waals surface area contributed by atoms with E-state index in [0.29, 0.717) is 11.8 Å². The Labute approximate surface area is 132 Å². The molecule has 1 saturated carbocycles. The van der Waals surface area contributed by atoms with Crippen molar-refractivity contribution in [2.24, 2.45) is 0 Å². The average Bonchev–Trinajstić information content (AvgIpc) is 3.06. The quantitative estimate of drug-likeness (QED) is 0.816. The Morgan fingerprint density at radius 3 is 2.71 bits per heavy atom. The summed E-state index contributed by atoms with van der Waals surface area (Å²) in [5, 5.41) is 4.02. The summed E-state index contributed by atoms with van der Waals surface area (Å²) in [6.45, 7) is 8.32. The van der Waals surface area contributed by atoms with Gasteiger partial charge in [0.1, 0.15) is 0 Å². The number of hydrogen-bond acceptors (Lipinski definition) is 3. The zero-order valence-electron chi connectivity index (χ0n) is 13.6. The topological polar surface area (TPSA) is 46.9 Å². The minimum atomic E-state index is 0.102. The lowest BCUT2D eigenvalue weighted by Crippen LogP contribution is -2.33. The van der Waals surface area contributed by atoms with E-state index in [9.17, 15) is 4.79 Å². The summed E-state index contributed by atoms with van der Waals surface area (Å²) < 4.78 is 2.36. The highest BCUT2D eigenvalue weighted by molar-refractivity contribution is 7.99. The van der Waals surface area contributed by atoms with E-state index in [0.717, 1.165) is 17.3 Å². The molecule has 0 aliphatic heterocycles. The number of amides is 1. The van der Waals surface area contributed by atoms with Crippen molar-refractivity contribution in [2.45, 2.75) is 77.0 Å². The molecule has 118 valence electrons. The number of imidazole rings is 1. The molecule has 1 aliphatic carbocycles. The van der Waals surface area contributed by atoms with Crippen molar-refractivity contribution in [3.8, 4) is 0 Å². The first kappa shape index (κ1) is 16.4. The van der Waals surface area contributed by atoms with E-state index >= 15 is 0 Å². The van der Waals surface area contributed by atoms with Crippen molar-refractivity contribution in [3.05, 3.63) is 11.4 Å². The number of aromatic nitrogens is 2. The van der Waals surface area contributed by atoms with Gasteiger partial charge in [0.25, 0.3) is 0 Å². The smallest absolute Gasteiger partial charge is 0.230 e. The summed E-state index contributed by atoms with van der Waals surface area (Å²) in [4.78, 5) is 16.6. The maximum atomic E-state index is 11.9. The minimum Gasteiger partial charge on any atom is -0.353 e. The lowest BCUT2D eigenvalue weighted by Gasteiger charge is -2.17. The maximum absolute atomic E-state index is 11.9. The second-order valence-electron chi connectivity index (χ2n) is 6.04. The average molecular weight is 309 g/mol. The van der Waals surface area contributed by atoms with E-state index in [1.807, 2.05) is 6.92 Å². The molecular formula is C16H27N3OS. The third kappa shape index (κ3) is 4.02. The predicted octanol–water partition coefficient (Wildman–Crippen LogP) is 3.62. The first-order chi connectivity index (χ1) is 10.0. The highest BCUT2D eigenvalue weighted by Crippen LogP contribution is 2.35. The van der Waals surface area contributed by atoms with Crippen LogP contribution in [0.15, 0.2) is 5.16 Å². The van der Waals surface area contributed by atoms with Crippen LogP contribution in [0.5, 0.6) is 0 Å². The van der Waals surface area contributed by atoms with E-state index in [4.69, 9.17) is 0 Å². The summed E-state index contributed by atoms with van der Waals surface area (Å²) in [5.41, 5.74) is 2.35. The Morgan fingerprint density at radius 1 is 1.43 bits per heavy atom. The molecule has 1 aromatic rings. The molecule has 0 spiro atoms. The van der Waals surface area contributed by atoms with E-state index in [2.05, 4.69) is 35.6 Å². The minimum absolute atomic E-state index is 0.102. The molecule has 5 heteroatoms. The molecule has 1 heterocycles. The first-order valence-corrected chi connectivity index (χ1v) is 8.99. The number of nitrogens with zero attached hydrogens (tertiary/aromatic N) is 2. The van der Waals surface area contributed by atoms with Gasteiger partial charge in [0.15, 0.2) is 5.16 Å². The molecule has 0 bridgehead atoms. The Balaban J connectivity index is 2.02. The Bertz CT molecular complexity index is 492. The maximum Gasteiger partial charge on any atom is 0.230 e. The third-order valence-corrected chi connectivity index (χ3v) is 5.35. The van der Waals surface area contributed by atoms with Crippen LogP contribution in [0.3, 0.4) is 0 Å². The largest absolute Gasteiger partial charge is 0.353 e. The summed E-state index contributed by atoms with van der Waals surface area (Å²) in [6.07, 6.45) is 6.05. The van der Waals surface area contributed by atoms with E-state index in [-0.39, 0.29) is 11.9 Å². The SMILES string of the molecule is CCC(C)NC(=O)CSc1nc(C)c(C)n1C1CCCC1. The fourth-order valence-corrected chi connectivity index (χ4v) is 3.81. The summed E-state index contributed by atoms with van der Waals surface area (Å²) in [6, 6.07) is 0.822. The molecule has 1 fully saturated rings. The van der Waals surface area contributed by atoms with E-state index in [1.165, 1.54) is 31.4 Å². The van der Waals surface area contributed by atoms with Crippen LogP contribution >= 0.6 is 11.8 Å². The van der Waals surface area contributed by atoms with Gasteiger partial charge < -0.3 is 9.88 Å². The van der Waals surface area contributed by atoms with Gasteiger partial charge in [-0.05, 0) is 40.0 Å². The second-order valence-corrected chi connectivity index (χ2v) is 6.98. The van der Waals surface area contributed by atoms with Crippen molar-refractivity contribution in [2.75, 3.05) is 5.75 Å². The monoisotopic (exact) mass is 309 g/mol. The fourth-order valence-electron chi connectivity index (χ4n) is 2.84. The van der Waals surface area contributed by atoms with Gasteiger partial charge in [-0.25, -0.2) is 4.98 Å². The molecule has 2 rings (SSSR count). The van der Waals surface area contributed by atoms with Crippen LogP contribution in [-0.4, -0.2) is 27.3 Å². The lowest BCUT2D eigenvalue weighted by molar-refractivity contribution is -0.119. The van der Waals surface area contributed by atoms with E-state index in [1.54, 1.807) is 11.8 Å². The van der Waals surface area contributed by atoms with Gasteiger partial charge in [-0.1, -0.05) is 31.5 Å². The van der Waals surface area contributed by atoms with Crippen molar-refractivity contribution in [1.29, 1.82) is 0 Å². The van der Waals surface area contributed by atoms with Crippen molar-refractivity contribution in [1.82, 2.24) is 14.9 Å². The summed E-state index contributed by atoms with van der Waals surface area (Å²) in [7, 11) is 0. The van der Waals surface area contributed by atoms with Gasteiger partial charge in [-0.15, -0.1) is 0 Å². The molecule has 0 radical (unpaired) electrons. The zero-order valence-corrected chi connectivity index (χ0v) is 14.4. The number of nitrogens with one attached hydrogen (secondary N) is 1. The molecule has 1 atom stereocenters. The number of thioether (sulfide) groups is 1. The molecule has 1 unspecified atom stereocenters. The van der Waals surface area contributed by atoms with Gasteiger partial charge >= 0.3 is 0 Å². The third-order valence-electron chi connectivity index (χ3n) is 4.40. The number of rotatable bonds is 6. The zero-order chi connectivity index (χ0) is 15.4. The second kappa shape index (κ2) is 7.34. The number of carbonyl (C=O) groups is 1. The molecule has 1 aliphatic rings. The lowest BCUT2D eigenvalue weighted by atomic mass is 10.2. The van der Waals surface area contributed by atoms with Crippen LogP contribution in [-0.2, 0) is 4.79 Å². The fraction of sp³-hybridized carbons (Fsp3) is 0.750. The van der Waals surface area contributed by atoms with Crippen LogP contribution in [0, 0.1) is 13.8 Å². The van der Waals surface area contributed by atoms with Crippen molar-refractivity contribution < 1.29 is 4.79 Å². The Kier molecular flexibility index (Phi) is 5.73. The number of hydrogen-bond donors (Lipinski definition) is 1. The number of carbonyl (C=O) groups excluding carboxylic acids is 1. The molecule has 1 N–H and O–H groups in total. The van der Waals surface area contributed by atoms with Crippen molar-refractivity contribution in [3.63, 3.8) is 0 Å². The van der Waals surface area contributed by atoms with Gasteiger partial charge in [0.2, 0.25) is 5.91 Å². The molecular weight excluding hydrogens is 282 g/mol. The number of aryl methyl sites for hydroxylation is 1. The Hall–Kier alpha value is -0.970. The summed E-state index contributed by atoms with van der Waals surface area (Å²) >= 11 is 1.57. The first-order valence-electron chi connectivity index (χ1n) is 8.00. The molecule has 0 aromatic carbocycles. The molecule has 1 aromatic heterocycles. The van der Waals surface area contributed by atoms with Gasteiger partial charge in [-0.3, -0.25) is 4.79 Å². The van der Waals surface area contributed by atoms with Gasteiger partial charge in [0.05, 0.1) is 11.4 Å². The van der Waals surface area contributed by atoms with Crippen LogP contribution in [0.2, 0.25) is 0 Å². The predicted molar refractivity (Wildman–Crippen MR) is 87.8 cm³/mol. The van der Waals surface area contributed by atoms with Gasteiger partial charge in [-0.2, -0.15) is 0 Å². The van der Waals surface area contributed by atoms with Crippen molar-refractivity contribution >= 4 is 17.7 Å². The molecule has 21 heavy (non-hydrogen) atoms. The Morgan fingerprint density at radius 2 is 2.10 bits per heavy atom. The van der Waals surface area contributed by atoms with E-state index < -0.39 is 0 Å². The highest BCUT2D eigenvalue weighted by atomic mass is 32.2. The summed E-state index contributed by atoms with van der Waals surface area (Å²) in [5.74, 6) is 0.554. The molecule has 0 saturated heterocycles.